The summed E-state index contributed by atoms with van der Waals surface area (Å²) in [6, 6.07) is 5.16. The lowest BCUT2D eigenvalue weighted by atomic mass is 10.2. The third kappa shape index (κ3) is 5.30. The Bertz CT molecular complexity index is 860. The van der Waals surface area contributed by atoms with E-state index in [0.29, 0.717) is 46.2 Å². The van der Waals surface area contributed by atoms with Gasteiger partial charge in [0, 0.05) is 35.2 Å². The smallest absolute Gasteiger partial charge is 0.355 e. The van der Waals surface area contributed by atoms with Crippen molar-refractivity contribution in [3.63, 3.8) is 0 Å². The first-order valence-corrected chi connectivity index (χ1v) is 10.8. The molecule has 1 N–H and O–H groups in total. The second-order valence-corrected chi connectivity index (χ2v) is 8.71. The molecule has 0 saturated carbocycles. The normalized spacial score (nSPS) is 16.4. The number of thioether (sulfide) groups is 1. The summed E-state index contributed by atoms with van der Waals surface area (Å²) in [6.07, 6.45) is 1.24. The Morgan fingerprint density at radius 2 is 2.21 bits per heavy atom. The van der Waals surface area contributed by atoms with Gasteiger partial charge >= 0.3 is 5.97 Å². The van der Waals surface area contributed by atoms with Crippen molar-refractivity contribution >= 4 is 46.6 Å². The van der Waals surface area contributed by atoms with Crippen LogP contribution in [0.1, 0.15) is 23.3 Å². The van der Waals surface area contributed by atoms with Crippen LogP contribution in [0.5, 0.6) is 11.5 Å². The van der Waals surface area contributed by atoms with E-state index in [-0.39, 0.29) is 17.6 Å². The number of nitrogens with zero attached hydrogens (tertiary/aromatic N) is 2. The number of aromatic nitrogens is 1. The predicted octanol–water partition coefficient (Wildman–Crippen LogP) is 3.67. The number of carbonyl (C=O) groups is 2. The molecule has 0 spiro atoms. The quantitative estimate of drug-likeness (QED) is 0.592. The molecule has 1 saturated heterocycles. The first-order valence-electron chi connectivity index (χ1n) is 8.54. The van der Waals surface area contributed by atoms with Crippen LogP contribution in [0.15, 0.2) is 27.9 Å². The summed E-state index contributed by atoms with van der Waals surface area (Å²) in [5.41, 5.74) is 0.0491. The largest absolute Gasteiger partial charge is 0.497 e. The van der Waals surface area contributed by atoms with E-state index in [4.69, 9.17) is 26.2 Å². The summed E-state index contributed by atoms with van der Waals surface area (Å²) in [6.45, 7) is 0.929. The van der Waals surface area contributed by atoms with Crippen LogP contribution in [0.2, 0.25) is 5.02 Å². The first kappa shape index (κ1) is 20.8. The minimum Gasteiger partial charge on any atom is -0.497 e. The molecule has 1 aliphatic heterocycles. The van der Waals surface area contributed by atoms with Crippen LogP contribution < -0.4 is 9.47 Å². The topological polar surface area (TPSA) is 89.0 Å². The number of halogens is 1. The summed E-state index contributed by atoms with van der Waals surface area (Å²) in [4.78, 5) is 29.0. The number of benzene rings is 1. The van der Waals surface area contributed by atoms with Gasteiger partial charge in [0.25, 0.3) is 0 Å². The Morgan fingerprint density at radius 3 is 2.93 bits per heavy atom. The summed E-state index contributed by atoms with van der Waals surface area (Å²) >= 11 is 8.79. The number of hydrogen-bond donors (Lipinski definition) is 1. The van der Waals surface area contributed by atoms with E-state index in [0.717, 1.165) is 6.42 Å². The minimum atomic E-state index is -1.03. The fraction of sp³-hybridized carbons (Fsp3) is 0.389. The second kappa shape index (κ2) is 9.49. The van der Waals surface area contributed by atoms with Crippen LogP contribution in [-0.4, -0.2) is 58.9 Å². The Hall–Kier alpha value is -1.97. The van der Waals surface area contributed by atoms with Gasteiger partial charge in [-0.2, -0.15) is 0 Å². The maximum absolute atomic E-state index is 12.2. The van der Waals surface area contributed by atoms with E-state index in [9.17, 15) is 9.59 Å². The zero-order valence-corrected chi connectivity index (χ0v) is 17.5. The van der Waals surface area contributed by atoms with Crippen molar-refractivity contribution in [1.82, 2.24) is 9.88 Å². The molecule has 1 aromatic carbocycles. The summed E-state index contributed by atoms with van der Waals surface area (Å²) in [5, 5.41) is 11.0. The van der Waals surface area contributed by atoms with Crippen LogP contribution in [0.4, 0.5) is 0 Å². The second-order valence-electron chi connectivity index (χ2n) is 6.07. The Morgan fingerprint density at radius 1 is 1.43 bits per heavy atom. The van der Waals surface area contributed by atoms with Crippen molar-refractivity contribution in [3.05, 3.63) is 34.3 Å². The van der Waals surface area contributed by atoms with Gasteiger partial charge in [0.1, 0.15) is 18.1 Å². The van der Waals surface area contributed by atoms with Crippen LogP contribution in [0.3, 0.4) is 0 Å². The average molecular weight is 443 g/mol. The van der Waals surface area contributed by atoms with Crippen molar-refractivity contribution in [1.29, 1.82) is 0 Å². The zero-order valence-electron chi connectivity index (χ0n) is 15.1. The van der Waals surface area contributed by atoms with Crippen molar-refractivity contribution in [2.24, 2.45) is 0 Å². The number of carboxylic acid groups (broad SMARTS) is 1. The van der Waals surface area contributed by atoms with Crippen LogP contribution in [-0.2, 0) is 4.79 Å². The van der Waals surface area contributed by atoms with E-state index in [1.165, 1.54) is 28.5 Å². The number of carbonyl (C=O) groups excluding carboxylic acids is 1. The molecule has 7 nitrogen and oxygen atoms in total. The van der Waals surface area contributed by atoms with Crippen LogP contribution in [0, 0.1) is 0 Å². The summed E-state index contributed by atoms with van der Waals surface area (Å²) < 4.78 is 11.7. The van der Waals surface area contributed by atoms with E-state index < -0.39 is 5.97 Å². The van der Waals surface area contributed by atoms with Crippen LogP contribution >= 0.6 is 34.7 Å². The molecule has 0 bridgehead atoms. The third-order valence-corrected chi connectivity index (χ3v) is 6.45. The molecule has 1 fully saturated rings. The highest BCUT2D eigenvalue weighted by atomic mass is 35.5. The van der Waals surface area contributed by atoms with Gasteiger partial charge < -0.3 is 19.5 Å². The van der Waals surface area contributed by atoms with E-state index in [1.54, 1.807) is 25.3 Å². The maximum atomic E-state index is 12.2. The Kier molecular flexibility index (Phi) is 7.03. The Labute approximate surface area is 175 Å². The van der Waals surface area contributed by atoms with Crippen molar-refractivity contribution < 1.29 is 24.2 Å². The highest BCUT2D eigenvalue weighted by molar-refractivity contribution is 8.01. The van der Waals surface area contributed by atoms with Gasteiger partial charge in [0.2, 0.25) is 5.91 Å². The monoisotopic (exact) mass is 442 g/mol. The summed E-state index contributed by atoms with van der Waals surface area (Å²) in [5.74, 6) is 0.917. The van der Waals surface area contributed by atoms with Gasteiger partial charge in [-0.3, -0.25) is 4.79 Å². The van der Waals surface area contributed by atoms with Gasteiger partial charge in [-0.1, -0.05) is 23.4 Å². The lowest BCUT2D eigenvalue weighted by Crippen LogP contribution is -2.38. The molecule has 2 heterocycles. The number of ether oxygens (including phenoxy) is 2. The van der Waals surface area contributed by atoms with Gasteiger partial charge in [0.05, 0.1) is 13.2 Å². The third-order valence-electron chi connectivity index (χ3n) is 4.24. The lowest BCUT2D eigenvalue weighted by molar-refractivity contribution is -0.129. The van der Waals surface area contributed by atoms with E-state index >= 15 is 0 Å². The number of rotatable bonds is 9. The number of amides is 1. The number of methoxy groups -OCH3 is 1. The predicted molar refractivity (Wildman–Crippen MR) is 108 cm³/mol. The molecule has 10 heteroatoms. The number of thiazole rings is 1. The molecule has 0 unspecified atom stereocenters. The van der Waals surface area contributed by atoms with Crippen molar-refractivity contribution in [2.45, 2.75) is 23.2 Å². The minimum absolute atomic E-state index is 0.0102. The van der Waals surface area contributed by atoms with E-state index in [2.05, 4.69) is 4.98 Å². The number of hydrogen-bond acceptors (Lipinski definition) is 7. The molecule has 1 amide bonds. The molecule has 1 aliphatic rings. The van der Waals surface area contributed by atoms with Crippen molar-refractivity contribution in [3.8, 4) is 11.5 Å². The molecule has 1 aromatic heterocycles. The number of aromatic carboxylic acids is 1. The SMILES string of the molecule is COc1cc(Cl)cc(OC[C@H]2CCC(=O)N2CCSc2nc(C(=O)O)cs2)c1. The average Bonchev–Trinajstić information content (AvgIpc) is 3.27. The summed E-state index contributed by atoms with van der Waals surface area (Å²) in [7, 11) is 1.56. The molecule has 3 rings (SSSR count). The molecule has 1 atom stereocenters. The molecule has 28 heavy (non-hydrogen) atoms. The standard InChI is InChI=1S/C18H19ClN2O5S2/c1-25-13-6-11(19)7-14(8-13)26-9-12-2-3-16(22)21(12)4-5-27-18-20-15(10-28-18)17(23)24/h6-8,10,12H,2-5,9H2,1H3,(H,23,24)/t12-/m1/s1. The highest BCUT2D eigenvalue weighted by Gasteiger charge is 2.31. The molecule has 0 radical (unpaired) electrons. The van der Waals surface area contributed by atoms with E-state index in [1.807, 2.05) is 4.90 Å². The first-order chi connectivity index (χ1) is 13.5. The van der Waals surface area contributed by atoms with Crippen molar-refractivity contribution in [2.75, 3.05) is 26.0 Å². The number of likely N-dealkylation sites (tertiary alicyclic amines) is 1. The maximum Gasteiger partial charge on any atom is 0.355 e. The lowest BCUT2D eigenvalue weighted by Gasteiger charge is -2.24. The fourth-order valence-corrected chi connectivity index (χ4v) is 4.88. The van der Waals surface area contributed by atoms with Gasteiger partial charge in [-0.25, -0.2) is 9.78 Å². The van der Waals surface area contributed by atoms with Gasteiger partial charge in [0.15, 0.2) is 10.0 Å². The zero-order chi connectivity index (χ0) is 20.1. The molecule has 2 aromatic rings. The molecular formula is C18H19ClN2O5S2. The molecule has 0 aliphatic carbocycles. The number of carboxylic acids is 1. The molecule has 150 valence electrons. The van der Waals surface area contributed by atoms with Gasteiger partial charge in [-0.15, -0.1) is 11.3 Å². The van der Waals surface area contributed by atoms with Crippen LogP contribution in [0.25, 0.3) is 0 Å². The van der Waals surface area contributed by atoms with Gasteiger partial charge in [-0.05, 0) is 18.6 Å². The Balaban J connectivity index is 1.52. The fourth-order valence-electron chi connectivity index (χ4n) is 2.86. The molecular weight excluding hydrogens is 424 g/mol. The highest BCUT2D eigenvalue weighted by Crippen LogP contribution is 2.28.